The summed E-state index contributed by atoms with van der Waals surface area (Å²) >= 11 is 0. The maximum atomic E-state index is 8.38. The molecule has 0 saturated carbocycles. The van der Waals surface area contributed by atoms with Crippen LogP contribution in [-0.2, 0) is 0 Å². The highest BCUT2D eigenvalue weighted by atomic mass is 16.3. The van der Waals surface area contributed by atoms with Crippen molar-refractivity contribution < 1.29 is 9.52 Å². The first-order valence-corrected chi connectivity index (χ1v) is 2.95. The Kier molecular flexibility index (Phi) is 4.41. The highest BCUT2D eigenvalue weighted by Gasteiger charge is 1.79. The minimum Gasteiger partial charge on any atom is -0.505 e. The molecule has 1 heterocycles. The molecule has 1 aromatic heterocycles. The Labute approximate surface area is 60.9 Å². The van der Waals surface area contributed by atoms with E-state index >= 15 is 0 Å². The Balaban J connectivity index is 0.000000180. The molecule has 1 rings (SSSR count). The molecule has 0 aliphatic heterocycles. The minimum atomic E-state index is 0.176. The van der Waals surface area contributed by atoms with Crippen LogP contribution in [-0.4, -0.2) is 31.1 Å². The summed E-state index contributed by atoms with van der Waals surface area (Å²) in [5.74, 6) is 0.176. The Hall–Kier alpha value is -0.960. The van der Waals surface area contributed by atoms with Gasteiger partial charge in [-0.2, -0.15) is 0 Å². The van der Waals surface area contributed by atoms with E-state index in [2.05, 4.69) is 4.42 Å². The number of furan rings is 1. The van der Waals surface area contributed by atoms with Gasteiger partial charge in [-0.05, 0) is 21.1 Å². The predicted octanol–water partition coefficient (Wildman–Crippen LogP) is 1.16. The number of rotatable bonds is 0. The van der Waals surface area contributed by atoms with E-state index in [-0.39, 0.29) is 5.75 Å². The molecule has 0 unspecified atom stereocenters. The van der Waals surface area contributed by atoms with Crippen molar-refractivity contribution in [2.75, 3.05) is 21.1 Å². The molecule has 1 N–H and O–H groups in total. The average molecular weight is 143 g/mol. The van der Waals surface area contributed by atoms with Crippen molar-refractivity contribution in [3.8, 4) is 5.75 Å². The normalized spacial score (nSPS) is 8.80. The van der Waals surface area contributed by atoms with Gasteiger partial charge in [-0.25, -0.2) is 0 Å². The van der Waals surface area contributed by atoms with Crippen LogP contribution < -0.4 is 0 Å². The Morgan fingerprint density at radius 3 is 2.00 bits per heavy atom. The molecule has 0 saturated heterocycles. The van der Waals surface area contributed by atoms with Crippen LogP contribution in [0.5, 0.6) is 5.75 Å². The smallest absolute Gasteiger partial charge is 0.153 e. The zero-order chi connectivity index (χ0) is 7.98. The van der Waals surface area contributed by atoms with Gasteiger partial charge in [-0.15, -0.1) is 0 Å². The fraction of sp³-hybridized carbons (Fsp3) is 0.429. The fourth-order valence-electron chi connectivity index (χ4n) is 0.257. The molecule has 3 heteroatoms. The van der Waals surface area contributed by atoms with Gasteiger partial charge >= 0.3 is 0 Å². The fourth-order valence-corrected chi connectivity index (χ4v) is 0.257. The predicted molar refractivity (Wildman–Crippen MR) is 40.0 cm³/mol. The molecular weight excluding hydrogens is 130 g/mol. The van der Waals surface area contributed by atoms with Crippen molar-refractivity contribution in [2.45, 2.75) is 0 Å². The highest BCUT2D eigenvalue weighted by molar-refractivity contribution is 5.09. The van der Waals surface area contributed by atoms with Crippen molar-refractivity contribution in [1.82, 2.24) is 4.90 Å². The van der Waals surface area contributed by atoms with Crippen molar-refractivity contribution in [3.05, 3.63) is 18.6 Å². The second-order valence-electron chi connectivity index (χ2n) is 2.32. The lowest BCUT2D eigenvalue weighted by molar-refractivity contribution is 0.458. The third-order valence-electron chi connectivity index (χ3n) is 0.506. The molecule has 0 aromatic carbocycles. The van der Waals surface area contributed by atoms with Crippen molar-refractivity contribution in [2.24, 2.45) is 0 Å². The van der Waals surface area contributed by atoms with Gasteiger partial charge in [0.2, 0.25) is 0 Å². The van der Waals surface area contributed by atoms with Gasteiger partial charge in [-0.1, -0.05) is 0 Å². The quantitative estimate of drug-likeness (QED) is 0.592. The van der Waals surface area contributed by atoms with Crippen molar-refractivity contribution in [1.29, 1.82) is 0 Å². The van der Waals surface area contributed by atoms with Crippen LogP contribution in [0.3, 0.4) is 0 Å². The molecule has 0 radical (unpaired) electrons. The van der Waals surface area contributed by atoms with E-state index in [1.54, 1.807) is 0 Å². The SMILES string of the molecule is CN(C)C.Oc1ccoc1. The summed E-state index contributed by atoms with van der Waals surface area (Å²) < 4.78 is 4.46. The third-order valence-corrected chi connectivity index (χ3v) is 0.506. The van der Waals surface area contributed by atoms with E-state index in [0.717, 1.165) is 0 Å². The molecule has 0 spiro atoms. The lowest BCUT2D eigenvalue weighted by atomic mass is 10.6. The van der Waals surface area contributed by atoms with Crippen molar-refractivity contribution in [3.63, 3.8) is 0 Å². The van der Waals surface area contributed by atoms with E-state index < -0.39 is 0 Å². The van der Waals surface area contributed by atoms with E-state index in [4.69, 9.17) is 5.11 Å². The molecule has 3 nitrogen and oxygen atoms in total. The zero-order valence-corrected chi connectivity index (χ0v) is 6.53. The standard InChI is InChI=1S/C4H4O2.C3H9N/c5-4-1-2-6-3-4;1-4(2)3/h1-3,5H;1-3H3. The van der Waals surface area contributed by atoms with Crippen LogP contribution in [0.4, 0.5) is 0 Å². The molecule has 0 amide bonds. The molecule has 0 fully saturated rings. The Bertz CT molecular complexity index is 144. The number of aromatic hydroxyl groups is 1. The Morgan fingerprint density at radius 2 is 1.90 bits per heavy atom. The molecular formula is C7H13NO2. The van der Waals surface area contributed by atoms with Crippen LogP contribution in [0.25, 0.3) is 0 Å². The van der Waals surface area contributed by atoms with Crippen LogP contribution in [0, 0.1) is 0 Å². The van der Waals surface area contributed by atoms with Crippen molar-refractivity contribution >= 4 is 0 Å². The summed E-state index contributed by atoms with van der Waals surface area (Å²) in [6, 6.07) is 1.47. The maximum absolute atomic E-state index is 8.38. The highest BCUT2D eigenvalue weighted by Crippen LogP contribution is 2.04. The van der Waals surface area contributed by atoms with Crippen LogP contribution in [0.15, 0.2) is 23.0 Å². The summed E-state index contributed by atoms with van der Waals surface area (Å²) in [5, 5.41) is 8.38. The van der Waals surface area contributed by atoms with Gasteiger partial charge in [0.1, 0.15) is 6.26 Å². The second kappa shape index (κ2) is 4.88. The molecule has 0 aliphatic rings. The largest absolute Gasteiger partial charge is 0.505 e. The lowest BCUT2D eigenvalue weighted by Gasteiger charge is -1.90. The zero-order valence-electron chi connectivity index (χ0n) is 6.53. The summed E-state index contributed by atoms with van der Waals surface area (Å²) in [6.07, 6.45) is 2.68. The van der Waals surface area contributed by atoms with Gasteiger partial charge in [0.25, 0.3) is 0 Å². The summed E-state index contributed by atoms with van der Waals surface area (Å²) in [7, 11) is 6.00. The first kappa shape index (κ1) is 9.04. The first-order valence-electron chi connectivity index (χ1n) is 2.95. The van der Waals surface area contributed by atoms with Crippen LogP contribution in [0.2, 0.25) is 0 Å². The summed E-state index contributed by atoms with van der Waals surface area (Å²) in [6.45, 7) is 0. The first-order chi connectivity index (χ1) is 4.63. The molecule has 0 bridgehead atoms. The second-order valence-corrected chi connectivity index (χ2v) is 2.32. The Morgan fingerprint density at radius 1 is 1.40 bits per heavy atom. The van der Waals surface area contributed by atoms with Gasteiger partial charge in [0.15, 0.2) is 5.75 Å². The number of hydrogen-bond acceptors (Lipinski definition) is 3. The third kappa shape index (κ3) is 7.04. The van der Waals surface area contributed by atoms with E-state index in [0.29, 0.717) is 0 Å². The molecule has 58 valence electrons. The van der Waals surface area contributed by atoms with Gasteiger partial charge < -0.3 is 14.4 Å². The topological polar surface area (TPSA) is 36.6 Å². The monoisotopic (exact) mass is 143 g/mol. The van der Waals surface area contributed by atoms with Gasteiger partial charge in [0.05, 0.1) is 6.26 Å². The lowest BCUT2D eigenvalue weighted by Crippen LogP contribution is -1.99. The number of nitrogens with zero attached hydrogens (tertiary/aromatic N) is 1. The molecule has 0 atom stereocenters. The van der Waals surface area contributed by atoms with E-state index in [1.807, 2.05) is 26.0 Å². The van der Waals surface area contributed by atoms with Crippen LogP contribution in [0.1, 0.15) is 0 Å². The summed E-state index contributed by atoms with van der Waals surface area (Å²) in [5.41, 5.74) is 0. The maximum Gasteiger partial charge on any atom is 0.153 e. The van der Waals surface area contributed by atoms with Crippen LogP contribution >= 0.6 is 0 Å². The van der Waals surface area contributed by atoms with E-state index in [1.165, 1.54) is 18.6 Å². The minimum absolute atomic E-state index is 0.176. The average Bonchev–Trinajstić information content (AvgIpc) is 2.15. The summed E-state index contributed by atoms with van der Waals surface area (Å²) in [4.78, 5) is 2.00. The molecule has 0 aliphatic carbocycles. The molecule has 10 heavy (non-hydrogen) atoms. The van der Waals surface area contributed by atoms with Gasteiger partial charge in [-0.3, -0.25) is 0 Å². The van der Waals surface area contributed by atoms with Gasteiger partial charge in [0, 0.05) is 6.07 Å². The number of hydrogen-bond donors (Lipinski definition) is 1. The molecule has 1 aromatic rings. The van der Waals surface area contributed by atoms with E-state index in [9.17, 15) is 0 Å².